The van der Waals surface area contributed by atoms with Gasteiger partial charge in [0.25, 0.3) is 0 Å². The second kappa shape index (κ2) is 13.5. The highest BCUT2D eigenvalue weighted by Crippen LogP contribution is 2.35. The van der Waals surface area contributed by atoms with Gasteiger partial charge in [-0.25, -0.2) is 24.3 Å². The van der Waals surface area contributed by atoms with Gasteiger partial charge in [-0.1, -0.05) is 54.1 Å². The number of rotatable bonds is 6. The Morgan fingerprint density at radius 2 is 1.71 bits per heavy atom. The number of fused-ring (bicyclic) bond motifs is 3. The molecule has 13 heteroatoms. The maximum atomic E-state index is 11.6. The van der Waals surface area contributed by atoms with Gasteiger partial charge in [-0.05, 0) is 56.3 Å². The summed E-state index contributed by atoms with van der Waals surface area (Å²) < 4.78 is 1.87. The highest BCUT2D eigenvalue weighted by molar-refractivity contribution is 5.96. The van der Waals surface area contributed by atoms with Gasteiger partial charge in [-0.2, -0.15) is 5.10 Å². The minimum Gasteiger partial charge on any atom is -0.397 e. The molecule has 242 valence electrons. The Morgan fingerprint density at radius 1 is 0.918 bits per heavy atom. The summed E-state index contributed by atoms with van der Waals surface area (Å²) in [4.78, 5) is 27.7. The van der Waals surface area contributed by atoms with E-state index in [4.69, 9.17) is 10.8 Å². The van der Waals surface area contributed by atoms with E-state index in [0.717, 1.165) is 39.1 Å². The molecule has 49 heavy (non-hydrogen) atoms. The van der Waals surface area contributed by atoms with Gasteiger partial charge in [-0.3, -0.25) is 5.32 Å². The van der Waals surface area contributed by atoms with E-state index >= 15 is 0 Å². The molecule has 6 N–H and O–H groups in total. The number of carbonyl (C=O) groups excluding carboxylic acids is 1. The maximum absolute atomic E-state index is 11.6. The van der Waals surface area contributed by atoms with Crippen molar-refractivity contribution in [2.45, 2.75) is 13.8 Å². The number of aryl methyl sites for hydroxylation is 1. The monoisotopic (exact) mass is 648 g/mol. The van der Waals surface area contributed by atoms with Crippen molar-refractivity contribution in [1.29, 1.82) is 0 Å². The average molecular weight is 649 g/mol. The van der Waals surface area contributed by atoms with Crippen LogP contribution in [0.1, 0.15) is 12.5 Å². The molecule has 6 aromatic heterocycles. The van der Waals surface area contributed by atoms with Gasteiger partial charge in [0, 0.05) is 35.6 Å². The van der Waals surface area contributed by atoms with Gasteiger partial charge in [-0.15, -0.1) is 10.2 Å². The molecule has 0 saturated heterocycles. The van der Waals surface area contributed by atoms with E-state index in [9.17, 15) is 4.79 Å². The highest BCUT2D eigenvalue weighted by atomic mass is 16.2. The normalized spacial score (nSPS) is 10.9. The molecule has 6 heterocycles. The minimum absolute atomic E-state index is 0.300. The molecule has 13 nitrogen and oxygen atoms in total. The predicted octanol–water partition coefficient (Wildman–Crippen LogP) is 6.74. The number of nitrogens with zero attached hydrogens (tertiary/aromatic N) is 7. The van der Waals surface area contributed by atoms with Crippen LogP contribution in [-0.2, 0) is 0 Å². The SMILES string of the molecule is CCNC(=O)Nc1ccc2ncc(Nc3ccc(C)cc3)nc2n1.Nc1c[nH]c2nnc(-c3c(-c4ccccc4)nn4ccccc34)cc12. The molecule has 0 fully saturated rings. The van der Waals surface area contributed by atoms with Crippen molar-refractivity contribution in [2.24, 2.45) is 0 Å². The minimum atomic E-state index is -0.300. The lowest BCUT2D eigenvalue weighted by Crippen LogP contribution is -2.28. The fourth-order valence-electron chi connectivity index (χ4n) is 5.25. The second-order valence-corrected chi connectivity index (χ2v) is 11.1. The molecular formula is C36H32N12O. The smallest absolute Gasteiger partial charge is 0.320 e. The summed E-state index contributed by atoms with van der Waals surface area (Å²) in [5.74, 6) is 1.02. The second-order valence-electron chi connectivity index (χ2n) is 11.1. The first kappa shape index (κ1) is 30.7. The number of pyridine rings is 2. The van der Waals surface area contributed by atoms with Gasteiger partial charge in [0.05, 0.1) is 28.7 Å². The van der Waals surface area contributed by atoms with Crippen LogP contribution in [-0.4, -0.2) is 52.3 Å². The number of urea groups is 1. The number of hydrogen-bond donors (Lipinski definition) is 5. The summed E-state index contributed by atoms with van der Waals surface area (Å²) in [6.45, 7) is 4.43. The fraction of sp³-hybridized carbons (Fsp3) is 0.0833. The van der Waals surface area contributed by atoms with E-state index < -0.39 is 0 Å². The number of aromatic amines is 1. The van der Waals surface area contributed by atoms with Crippen LogP contribution in [0.4, 0.5) is 27.8 Å². The lowest BCUT2D eigenvalue weighted by atomic mass is 10.0. The number of aromatic nitrogens is 8. The molecule has 0 aliphatic heterocycles. The van der Waals surface area contributed by atoms with E-state index in [2.05, 4.69) is 46.1 Å². The Morgan fingerprint density at radius 3 is 2.53 bits per heavy atom. The van der Waals surface area contributed by atoms with Crippen molar-refractivity contribution >= 4 is 56.8 Å². The lowest BCUT2D eigenvalue weighted by Gasteiger charge is -2.08. The van der Waals surface area contributed by atoms with Crippen LogP contribution < -0.4 is 21.7 Å². The third kappa shape index (κ3) is 6.67. The van der Waals surface area contributed by atoms with E-state index in [1.165, 1.54) is 5.56 Å². The van der Waals surface area contributed by atoms with Crippen molar-refractivity contribution in [1.82, 2.24) is 45.1 Å². The van der Waals surface area contributed by atoms with E-state index in [0.29, 0.717) is 40.7 Å². The number of hydrogen-bond acceptors (Lipinski definition) is 9. The Bertz CT molecular complexity index is 2400. The van der Waals surface area contributed by atoms with Gasteiger partial charge >= 0.3 is 6.03 Å². The first-order valence-corrected chi connectivity index (χ1v) is 15.6. The molecule has 0 atom stereocenters. The molecule has 0 spiro atoms. The quantitative estimate of drug-likeness (QED) is 0.131. The van der Waals surface area contributed by atoms with Gasteiger partial charge in [0.15, 0.2) is 17.1 Å². The number of amides is 2. The first-order valence-electron chi connectivity index (χ1n) is 15.6. The Balaban J connectivity index is 0.000000155. The van der Waals surface area contributed by atoms with Gasteiger partial charge < -0.3 is 21.4 Å². The predicted molar refractivity (Wildman–Crippen MR) is 192 cm³/mol. The number of benzene rings is 2. The van der Waals surface area contributed by atoms with Crippen molar-refractivity contribution in [3.05, 3.63) is 115 Å². The largest absolute Gasteiger partial charge is 0.397 e. The zero-order valence-corrected chi connectivity index (χ0v) is 26.7. The van der Waals surface area contributed by atoms with Crippen LogP contribution in [0.15, 0.2) is 110 Å². The molecule has 2 aromatic carbocycles. The highest BCUT2D eigenvalue weighted by Gasteiger charge is 2.18. The number of H-pyrrole nitrogens is 1. The maximum Gasteiger partial charge on any atom is 0.320 e. The third-order valence-electron chi connectivity index (χ3n) is 7.62. The van der Waals surface area contributed by atoms with Crippen LogP contribution in [0, 0.1) is 6.92 Å². The lowest BCUT2D eigenvalue weighted by molar-refractivity contribution is 0.252. The molecule has 0 aliphatic rings. The molecule has 0 unspecified atom stereocenters. The van der Waals surface area contributed by atoms with E-state index in [1.807, 2.05) is 103 Å². The van der Waals surface area contributed by atoms with Crippen LogP contribution in [0.3, 0.4) is 0 Å². The molecule has 0 aliphatic carbocycles. The average Bonchev–Trinajstić information content (AvgIpc) is 3.70. The molecule has 8 rings (SSSR count). The number of nitrogen functional groups attached to an aromatic ring is 1. The Hall–Kier alpha value is -6.89. The third-order valence-corrected chi connectivity index (χ3v) is 7.62. The summed E-state index contributed by atoms with van der Waals surface area (Å²) in [6, 6.07) is 29.2. The van der Waals surface area contributed by atoms with Crippen LogP contribution in [0.25, 0.3) is 50.2 Å². The van der Waals surface area contributed by atoms with Crippen molar-refractivity contribution in [2.75, 3.05) is 22.9 Å². The van der Waals surface area contributed by atoms with Crippen molar-refractivity contribution in [3.8, 4) is 22.5 Å². The molecular weight excluding hydrogens is 616 g/mol. The van der Waals surface area contributed by atoms with Gasteiger partial charge in [0.2, 0.25) is 0 Å². The number of carbonyl (C=O) groups is 1. The summed E-state index contributed by atoms with van der Waals surface area (Å²) in [7, 11) is 0. The van der Waals surface area contributed by atoms with Gasteiger partial charge in [0.1, 0.15) is 17.0 Å². The van der Waals surface area contributed by atoms with Crippen LogP contribution in [0.5, 0.6) is 0 Å². The molecule has 0 saturated carbocycles. The molecule has 0 bridgehead atoms. The van der Waals surface area contributed by atoms with Crippen molar-refractivity contribution in [3.63, 3.8) is 0 Å². The van der Waals surface area contributed by atoms with Crippen LogP contribution in [0.2, 0.25) is 0 Å². The van der Waals surface area contributed by atoms with E-state index in [-0.39, 0.29) is 6.03 Å². The molecule has 0 radical (unpaired) electrons. The zero-order valence-electron chi connectivity index (χ0n) is 26.7. The summed E-state index contributed by atoms with van der Waals surface area (Å²) in [6.07, 6.45) is 5.32. The fourth-order valence-corrected chi connectivity index (χ4v) is 5.25. The topological polar surface area (TPSA) is 177 Å². The van der Waals surface area contributed by atoms with E-state index in [1.54, 1.807) is 24.5 Å². The summed E-state index contributed by atoms with van der Waals surface area (Å²) in [5.41, 5.74) is 15.2. The summed E-state index contributed by atoms with van der Waals surface area (Å²) in [5, 5.41) is 22.8. The molecule has 8 aromatic rings. The summed E-state index contributed by atoms with van der Waals surface area (Å²) >= 11 is 0. The standard InChI is InChI=1S/C19H14N6.C17H18N6O/c20-14-11-21-19-13(14)10-15(22-23-19)17-16-8-4-5-9-25(16)24-18(17)12-6-2-1-3-7-12;1-3-18-17(24)23-14-9-8-13-16(21-14)22-15(10-19-13)20-12-6-4-11(2)5-7-12/h1-11H,20H2,(H,21,23);4-10H,3H2,1-2H3,(H3,18,20,21,22,23,24). The van der Waals surface area contributed by atoms with Crippen LogP contribution >= 0.6 is 0 Å². The number of nitrogens with two attached hydrogens (primary N) is 1. The Kier molecular flexibility index (Phi) is 8.44. The molecule has 2 amide bonds. The first-order chi connectivity index (χ1) is 23.9. The Labute approximate surface area is 280 Å². The number of nitrogens with one attached hydrogen (secondary N) is 4. The number of anilines is 4. The zero-order chi connectivity index (χ0) is 33.7. The van der Waals surface area contributed by atoms with Crippen molar-refractivity contribution < 1.29 is 4.79 Å².